The Labute approximate surface area is 139 Å². The maximum atomic E-state index is 12.2. The zero-order valence-electron chi connectivity index (χ0n) is 12.8. The molecule has 3 aromatic rings. The number of amides is 1. The van der Waals surface area contributed by atoms with Crippen molar-refractivity contribution in [1.82, 2.24) is 4.98 Å². The average molecular weight is 322 g/mol. The Hall–Kier alpha value is -2.20. The number of anilines is 1. The highest BCUT2D eigenvalue weighted by Gasteiger charge is 2.22. The van der Waals surface area contributed by atoms with Crippen LogP contribution in [0.25, 0.3) is 20.8 Å². The lowest BCUT2D eigenvalue weighted by atomic mass is 10.1. The fraction of sp³-hybridized carbons (Fsp3) is 0.263. The second kappa shape index (κ2) is 6.13. The van der Waals surface area contributed by atoms with E-state index in [-0.39, 0.29) is 11.8 Å². The van der Waals surface area contributed by atoms with Crippen molar-refractivity contribution in [3.63, 3.8) is 0 Å². The Balaban J connectivity index is 1.52. The predicted molar refractivity (Wildman–Crippen MR) is 95.6 cm³/mol. The highest BCUT2D eigenvalue weighted by Crippen LogP contribution is 2.31. The Morgan fingerprint density at radius 1 is 1.04 bits per heavy atom. The van der Waals surface area contributed by atoms with Crippen molar-refractivity contribution in [2.75, 3.05) is 5.32 Å². The number of nitrogens with one attached hydrogen (secondary N) is 1. The molecule has 0 radical (unpaired) electrons. The summed E-state index contributed by atoms with van der Waals surface area (Å²) in [7, 11) is 0. The van der Waals surface area contributed by atoms with Crippen LogP contribution in [0.4, 0.5) is 5.69 Å². The number of nitrogens with zero attached hydrogens (tertiary/aromatic N) is 1. The first-order valence-corrected chi connectivity index (χ1v) is 8.88. The van der Waals surface area contributed by atoms with Crippen LogP contribution < -0.4 is 5.32 Å². The lowest BCUT2D eigenvalue weighted by Crippen LogP contribution is -2.20. The van der Waals surface area contributed by atoms with E-state index < -0.39 is 0 Å². The summed E-state index contributed by atoms with van der Waals surface area (Å²) in [6.45, 7) is 0. The van der Waals surface area contributed by atoms with Gasteiger partial charge in [-0.1, -0.05) is 25.0 Å². The van der Waals surface area contributed by atoms with Gasteiger partial charge in [0.25, 0.3) is 0 Å². The number of para-hydroxylation sites is 1. The minimum absolute atomic E-state index is 0.162. The molecule has 2 aromatic carbocycles. The van der Waals surface area contributed by atoms with Crippen molar-refractivity contribution in [1.29, 1.82) is 0 Å². The van der Waals surface area contributed by atoms with Crippen molar-refractivity contribution in [2.45, 2.75) is 25.7 Å². The van der Waals surface area contributed by atoms with Gasteiger partial charge in [-0.2, -0.15) is 0 Å². The Bertz CT molecular complexity index is 799. The summed E-state index contributed by atoms with van der Waals surface area (Å²) in [5.74, 6) is 0.356. The predicted octanol–water partition coefficient (Wildman–Crippen LogP) is 5.09. The van der Waals surface area contributed by atoms with Gasteiger partial charge in [-0.25, -0.2) is 4.98 Å². The fourth-order valence-electron chi connectivity index (χ4n) is 3.12. The maximum absolute atomic E-state index is 12.2. The third-order valence-electron chi connectivity index (χ3n) is 4.42. The quantitative estimate of drug-likeness (QED) is 0.729. The maximum Gasteiger partial charge on any atom is 0.227 e. The van der Waals surface area contributed by atoms with Gasteiger partial charge in [0, 0.05) is 17.2 Å². The number of carbonyl (C=O) groups is 1. The van der Waals surface area contributed by atoms with Crippen LogP contribution in [0.15, 0.2) is 48.5 Å². The molecule has 1 N–H and O–H groups in total. The van der Waals surface area contributed by atoms with Crippen LogP contribution in [0.2, 0.25) is 0 Å². The number of aromatic nitrogens is 1. The highest BCUT2D eigenvalue weighted by molar-refractivity contribution is 7.21. The van der Waals surface area contributed by atoms with Gasteiger partial charge >= 0.3 is 0 Å². The molecule has 1 heterocycles. The Morgan fingerprint density at radius 3 is 2.52 bits per heavy atom. The molecule has 23 heavy (non-hydrogen) atoms. The summed E-state index contributed by atoms with van der Waals surface area (Å²) >= 11 is 1.69. The number of hydrogen-bond donors (Lipinski definition) is 1. The first-order chi connectivity index (χ1) is 11.3. The van der Waals surface area contributed by atoms with Crippen molar-refractivity contribution in [3.05, 3.63) is 48.5 Å². The largest absolute Gasteiger partial charge is 0.326 e. The third-order valence-corrected chi connectivity index (χ3v) is 5.50. The van der Waals surface area contributed by atoms with E-state index >= 15 is 0 Å². The summed E-state index contributed by atoms with van der Waals surface area (Å²) in [6, 6.07) is 16.2. The first-order valence-electron chi connectivity index (χ1n) is 8.06. The zero-order valence-corrected chi connectivity index (χ0v) is 13.6. The van der Waals surface area contributed by atoms with E-state index in [1.807, 2.05) is 42.5 Å². The van der Waals surface area contributed by atoms with Crippen LogP contribution in [-0.4, -0.2) is 10.9 Å². The lowest BCUT2D eigenvalue weighted by Gasteiger charge is -2.10. The van der Waals surface area contributed by atoms with Gasteiger partial charge < -0.3 is 5.32 Å². The number of benzene rings is 2. The second-order valence-electron chi connectivity index (χ2n) is 6.03. The van der Waals surface area contributed by atoms with Crippen LogP contribution in [-0.2, 0) is 4.79 Å². The topological polar surface area (TPSA) is 42.0 Å². The molecule has 1 aliphatic rings. The zero-order chi connectivity index (χ0) is 15.6. The highest BCUT2D eigenvalue weighted by atomic mass is 32.1. The third kappa shape index (κ3) is 2.99. The molecule has 0 aliphatic heterocycles. The number of thiazole rings is 1. The summed E-state index contributed by atoms with van der Waals surface area (Å²) in [6.07, 6.45) is 4.40. The molecule has 4 rings (SSSR count). The van der Waals surface area contributed by atoms with E-state index in [1.165, 1.54) is 17.5 Å². The van der Waals surface area contributed by atoms with Gasteiger partial charge in [0.2, 0.25) is 5.91 Å². The van der Waals surface area contributed by atoms with Gasteiger partial charge in [0.05, 0.1) is 10.2 Å². The van der Waals surface area contributed by atoms with Gasteiger partial charge in [-0.15, -0.1) is 11.3 Å². The molecule has 3 nitrogen and oxygen atoms in total. The molecule has 0 unspecified atom stereocenters. The van der Waals surface area contributed by atoms with Crippen molar-refractivity contribution < 1.29 is 4.79 Å². The van der Waals surface area contributed by atoms with Crippen molar-refractivity contribution in [3.8, 4) is 10.6 Å². The van der Waals surface area contributed by atoms with Crippen LogP contribution in [0.3, 0.4) is 0 Å². The SMILES string of the molecule is O=C(Nc1ccc(-c2nc3ccccc3s2)cc1)C1CCCC1. The molecule has 1 fully saturated rings. The molecule has 1 aromatic heterocycles. The fourth-order valence-corrected chi connectivity index (χ4v) is 4.10. The number of carbonyl (C=O) groups excluding carboxylic acids is 1. The van der Waals surface area contributed by atoms with Gasteiger partial charge in [-0.3, -0.25) is 4.79 Å². The van der Waals surface area contributed by atoms with E-state index in [1.54, 1.807) is 11.3 Å². The minimum Gasteiger partial charge on any atom is -0.326 e. The molecule has 0 atom stereocenters. The van der Waals surface area contributed by atoms with E-state index in [9.17, 15) is 4.79 Å². The molecule has 116 valence electrons. The molecule has 0 spiro atoms. The van der Waals surface area contributed by atoms with Crippen LogP contribution >= 0.6 is 11.3 Å². The smallest absolute Gasteiger partial charge is 0.227 e. The van der Waals surface area contributed by atoms with Crippen LogP contribution in [0, 0.1) is 5.92 Å². The van der Waals surface area contributed by atoms with Gasteiger partial charge in [-0.05, 0) is 49.2 Å². The molecule has 1 amide bonds. The first kappa shape index (κ1) is 14.4. The van der Waals surface area contributed by atoms with E-state index in [0.29, 0.717) is 0 Å². The minimum atomic E-state index is 0.162. The molecule has 1 aliphatic carbocycles. The lowest BCUT2D eigenvalue weighted by molar-refractivity contribution is -0.119. The Morgan fingerprint density at radius 2 is 1.78 bits per heavy atom. The molecular formula is C19H18N2OS. The molecule has 1 saturated carbocycles. The van der Waals surface area contributed by atoms with Crippen LogP contribution in [0.5, 0.6) is 0 Å². The van der Waals surface area contributed by atoms with Gasteiger partial charge in [0.1, 0.15) is 5.01 Å². The summed E-state index contributed by atoms with van der Waals surface area (Å²) in [5.41, 5.74) is 2.99. The Kier molecular flexibility index (Phi) is 3.83. The average Bonchev–Trinajstić information content (AvgIpc) is 3.25. The molecule has 4 heteroatoms. The normalized spacial score (nSPS) is 15.1. The standard InChI is InChI=1S/C19H18N2OS/c22-18(13-5-1-2-6-13)20-15-11-9-14(10-12-15)19-21-16-7-3-4-8-17(16)23-19/h3-4,7-13H,1-2,5-6H2,(H,20,22). The van der Waals surface area contributed by atoms with E-state index in [0.717, 1.165) is 34.6 Å². The van der Waals surface area contributed by atoms with Crippen LogP contribution in [0.1, 0.15) is 25.7 Å². The monoisotopic (exact) mass is 322 g/mol. The van der Waals surface area contributed by atoms with Gasteiger partial charge in [0.15, 0.2) is 0 Å². The number of fused-ring (bicyclic) bond motifs is 1. The number of hydrogen-bond acceptors (Lipinski definition) is 3. The van der Waals surface area contributed by atoms with E-state index in [2.05, 4.69) is 16.4 Å². The van der Waals surface area contributed by atoms with E-state index in [4.69, 9.17) is 0 Å². The van der Waals surface area contributed by atoms with Crippen molar-refractivity contribution >= 4 is 33.1 Å². The molecular weight excluding hydrogens is 304 g/mol. The second-order valence-corrected chi connectivity index (χ2v) is 7.07. The number of rotatable bonds is 3. The molecule has 0 bridgehead atoms. The molecule has 0 saturated heterocycles. The van der Waals surface area contributed by atoms with Crippen molar-refractivity contribution in [2.24, 2.45) is 5.92 Å². The summed E-state index contributed by atoms with van der Waals surface area (Å²) in [5, 5.41) is 4.05. The summed E-state index contributed by atoms with van der Waals surface area (Å²) < 4.78 is 1.20. The summed E-state index contributed by atoms with van der Waals surface area (Å²) in [4.78, 5) is 16.8.